The topological polar surface area (TPSA) is 205 Å². The zero-order valence-corrected chi connectivity index (χ0v) is 27.8. The first-order chi connectivity index (χ1) is 16.6. The summed E-state index contributed by atoms with van der Waals surface area (Å²) in [7, 11) is -11.2. The quantitative estimate of drug-likeness (QED) is 0.0782. The molecule has 0 heterocycles. The van der Waals surface area contributed by atoms with Gasteiger partial charge in [0, 0.05) is 12.8 Å². The Bertz CT molecular complexity index is 1140. The van der Waals surface area contributed by atoms with Gasteiger partial charge in [-0.15, -0.1) is 0 Å². The summed E-state index contributed by atoms with van der Waals surface area (Å²) >= 11 is 0. The maximum atomic E-state index is 12.4. The SMILES string of the molecule is CCC(c1ccc(O)cc1)C(CC)c1ccc(O)c(NC(=O)CCCC(O)(P(=O)(O)O)P(=O)(O)O)c1.[H-].[H-].[Na+].[Na+]. The minimum absolute atomic E-state index is 0. The molecule has 0 radical (unpaired) electrons. The molecule has 0 bridgehead atoms. The number of rotatable bonds is 12. The normalized spacial score (nSPS) is 13.6. The van der Waals surface area contributed by atoms with E-state index in [1.54, 1.807) is 24.3 Å². The van der Waals surface area contributed by atoms with Crippen LogP contribution in [0.25, 0.3) is 0 Å². The smallest absolute Gasteiger partial charge is 1.00 e. The molecule has 8 N–H and O–H groups in total. The minimum atomic E-state index is -5.60. The minimum Gasteiger partial charge on any atom is -1.00 e. The van der Waals surface area contributed by atoms with E-state index >= 15 is 0 Å². The Morgan fingerprint density at radius 3 is 1.84 bits per heavy atom. The first-order valence-corrected chi connectivity index (χ1v) is 14.6. The summed E-state index contributed by atoms with van der Waals surface area (Å²) in [4.78, 5) is 49.2. The van der Waals surface area contributed by atoms with Gasteiger partial charge in [-0.25, -0.2) is 0 Å². The van der Waals surface area contributed by atoms with E-state index in [2.05, 4.69) is 5.32 Å². The molecule has 0 aliphatic rings. The van der Waals surface area contributed by atoms with Gasteiger partial charge in [0.25, 0.3) is 5.08 Å². The third-order valence-electron chi connectivity index (χ3n) is 6.26. The van der Waals surface area contributed by atoms with Crippen molar-refractivity contribution in [1.29, 1.82) is 0 Å². The van der Waals surface area contributed by atoms with E-state index in [-0.39, 0.29) is 91.0 Å². The number of phenols is 2. The van der Waals surface area contributed by atoms with Crippen LogP contribution in [0.5, 0.6) is 11.5 Å². The zero-order valence-electron chi connectivity index (χ0n) is 24.0. The van der Waals surface area contributed by atoms with Crippen LogP contribution in [-0.4, -0.2) is 45.9 Å². The third-order valence-corrected chi connectivity index (χ3v) is 10.1. The van der Waals surface area contributed by atoms with Crippen molar-refractivity contribution in [2.24, 2.45) is 0 Å². The summed E-state index contributed by atoms with van der Waals surface area (Å²) in [6.45, 7) is 4.06. The molecule has 11 nitrogen and oxygen atoms in total. The number of phenolic OH excluding ortho intramolecular Hbond substituents is 2. The molecule has 15 heteroatoms. The molecular formula is C23H35NNa2O10P2. The molecule has 0 spiro atoms. The molecule has 0 aliphatic carbocycles. The Labute approximate surface area is 268 Å². The number of carbonyl (C=O) groups is 1. The van der Waals surface area contributed by atoms with Crippen LogP contribution in [0.3, 0.4) is 0 Å². The molecule has 2 atom stereocenters. The summed E-state index contributed by atoms with van der Waals surface area (Å²) in [5.41, 5.74) is 1.99. The van der Waals surface area contributed by atoms with E-state index in [0.29, 0.717) is 0 Å². The van der Waals surface area contributed by atoms with Crippen molar-refractivity contribution in [3.63, 3.8) is 0 Å². The number of benzene rings is 2. The Balaban J connectivity index is -0.00000342. The van der Waals surface area contributed by atoms with Crippen molar-refractivity contribution in [1.82, 2.24) is 0 Å². The molecule has 204 valence electrons. The molecule has 2 aromatic rings. The average molecular weight is 593 g/mol. The van der Waals surface area contributed by atoms with Crippen molar-refractivity contribution in [2.45, 2.75) is 62.9 Å². The zero-order chi connectivity index (χ0) is 27.3. The van der Waals surface area contributed by atoms with E-state index in [1.165, 1.54) is 6.07 Å². The van der Waals surface area contributed by atoms with Gasteiger partial charge in [0.1, 0.15) is 11.5 Å². The van der Waals surface area contributed by atoms with Gasteiger partial charge in [-0.3, -0.25) is 13.9 Å². The molecular weight excluding hydrogens is 558 g/mol. The molecule has 0 saturated carbocycles. The van der Waals surface area contributed by atoms with Crippen LogP contribution in [0.2, 0.25) is 0 Å². The van der Waals surface area contributed by atoms with Crippen molar-refractivity contribution >= 4 is 26.8 Å². The molecule has 0 fully saturated rings. The van der Waals surface area contributed by atoms with Gasteiger partial charge in [-0.1, -0.05) is 32.0 Å². The molecule has 1 amide bonds. The van der Waals surface area contributed by atoms with Gasteiger partial charge in [0.05, 0.1) is 5.69 Å². The fraction of sp³-hybridized carbons (Fsp3) is 0.435. The number of hydrogen-bond acceptors (Lipinski definition) is 6. The second-order valence-corrected chi connectivity index (χ2v) is 12.7. The van der Waals surface area contributed by atoms with Gasteiger partial charge < -0.3 is 43.1 Å². The molecule has 2 unspecified atom stereocenters. The first-order valence-electron chi connectivity index (χ1n) is 11.4. The Morgan fingerprint density at radius 1 is 0.895 bits per heavy atom. The number of hydrogen-bond donors (Lipinski definition) is 8. The number of aromatic hydroxyl groups is 2. The van der Waals surface area contributed by atoms with Crippen molar-refractivity contribution in [3.8, 4) is 11.5 Å². The maximum Gasteiger partial charge on any atom is 1.00 e. The van der Waals surface area contributed by atoms with Gasteiger partial charge in [0.15, 0.2) is 0 Å². The van der Waals surface area contributed by atoms with Crippen LogP contribution >= 0.6 is 15.2 Å². The van der Waals surface area contributed by atoms with Crippen LogP contribution in [0.4, 0.5) is 5.69 Å². The van der Waals surface area contributed by atoms with Crippen LogP contribution in [0.15, 0.2) is 42.5 Å². The second-order valence-electron chi connectivity index (χ2n) is 8.66. The average Bonchev–Trinajstić information content (AvgIpc) is 2.78. The number of aliphatic hydroxyl groups is 1. The molecule has 0 saturated heterocycles. The standard InChI is InChI=1S/C23H33NO10P2.2Na.2H/c1-3-18(15-7-10-17(25)11-8-15)19(4-2)16-9-12-21(26)20(14-16)24-22(27)6-5-13-23(28,35(29,30)31)36(32,33)34;;;;/h7-12,14,18-19,25-26,28H,3-6,13H2,1-2H3,(H,24,27)(H2,29,30,31)(H2,32,33,34);;;;/q;2*+1;2*-1. The molecule has 0 aromatic heterocycles. The molecule has 38 heavy (non-hydrogen) atoms. The van der Waals surface area contributed by atoms with Gasteiger partial charge in [0.2, 0.25) is 5.91 Å². The predicted molar refractivity (Wildman–Crippen MR) is 136 cm³/mol. The molecule has 2 aromatic carbocycles. The predicted octanol–water partition coefficient (Wildman–Crippen LogP) is -1.87. The summed E-state index contributed by atoms with van der Waals surface area (Å²) < 4.78 is 22.9. The van der Waals surface area contributed by atoms with Crippen molar-refractivity contribution in [3.05, 3.63) is 53.6 Å². The third kappa shape index (κ3) is 9.42. The van der Waals surface area contributed by atoms with Crippen LogP contribution in [-0.2, 0) is 13.9 Å². The van der Waals surface area contributed by atoms with Crippen LogP contribution < -0.4 is 64.4 Å². The number of nitrogens with one attached hydrogen (secondary N) is 1. The van der Waals surface area contributed by atoms with Crippen molar-refractivity contribution in [2.75, 3.05) is 5.32 Å². The van der Waals surface area contributed by atoms with Crippen molar-refractivity contribution < 1.29 is 111 Å². The fourth-order valence-electron chi connectivity index (χ4n) is 4.27. The summed E-state index contributed by atoms with van der Waals surface area (Å²) in [6, 6.07) is 11.8. The van der Waals surface area contributed by atoms with E-state index in [4.69, 9.17) is 0 Å². The number of amides is 1. The Kier molecular flexibility index (Phi) is 15.6. The maximum absolute atomic E-state index is 12.4. The van der Waals surface area contributed by atoms with E-state index in [1.807, 2.05) is 26.0 Å². The number of carbonyl (C=O) groups excluding carboxylic acids is 1. The van der Waals surface area contributed by atoms with Gasteiger partial charge in [-0.2, -0.15) is 0 Å². The molecule has 2 rings (SSSR count). The fourth-order valence-corrected chi connectivity index (χ4v) is 6.53. The largest absolute Gasteiger partial charge is 1.00 e. The monoisotopic (exact) mass is 593 g/mol. The van der Waals surface area contributed by atoms with Gasteiger partial charge >= 0.3 is 74.3 Å². The summed E-state index contributed by atoms with van der Waals surface area (Å²) in [5.74, 6) is -0.600. The Hall–Kier alpha value is -0.230. The van der Waals surface area contributed by atoms with Crippen LogP contribution in [0, 0.1) is 0 Å². The van der Waals surface area contributed by atoms with E-state index < -0.39 is 45.4 Å². The van der Waals surface area contributed by atoms with E-state index in [9.17, 15) is 48.8 Å². The first kappa shape index (κ1) is 37.8. The van der Waals surface area contributed by atoms with E-state index in [0.717, 1.165) is 24.0 Å². The second kappa shape index (κ2) is 15.7. The summed E-state index contributed by atoms with van der Waals surface area (Å²) in [6.07, 6.45) is -0.317. The molecule has 0 aliphatic heterocycles. The van der Waals surface area contributed by atoms with Crippen LogP contribution in [0.1, 0.15) is 71.8 Å². The number of anilines is 1. The van der Waals surface area contributed by atoms with Gasteiger partial charge in [-0.05, 0) is 66.5 Å². The Morgan fingerprint density at radius 2 is 1.37 bits per heavy atom. The summed E-state index contributed by atoms with van der Waals surface area (Å²) in [5, 5.41) is 28.7.